The second kappa shape index (κ2) is 9.75. The molecule has 0 spiro atoms. The monoisotopic (exact) mass is 296 g/mol. The number of aliphatic hydroxyl groups is 2. The molecule has 0 radical (unpaired) electrons. The van der Waals surface area contributed by atoms with Crippen molar-refractivity contribution >= 4 is 11.8 Å². The molecule has 1 unspecified atom stereocenters. The summed E-state index contributed by atoms with van der Waals surface area (Å²) in [5, 5.41) is 30.5. The van der Waals surface area contributed by atoms with Gasteiger partial charge in [0.1, 0.15) is 6.07 Å². The van der Waals surface area contributed by atoms with Crippen molar-refractivity contribution in [2.45, 2.75) is 17.5 Å². The van der Waals surface area contributed by atoms with Crippen LogP contribution in [0.25, 0.3) is 0 Å². The summed E-state index contributed by atoms with van der Waals surface area (Å²) in [5.41, 5.74) is 1.62. The Morgan fingerprint density at radius 1 is 1.50 bits per heavy atom. The van der Waals surface area contributed by atoms with Gasteiger partial charge in [-0.15, -0.1) is 11.8 Å². The molecule has 0 aliphatic heterocycles. The lowest BCUT2D eigenvalue weighted by Gasteiger charge is -2.10. The van der Waals surface area contributed by atoms with Crippen molar-refractivity contribution in [1.29, 1.82) is 5.26 Å². The normalized spacial score (nSPS) is 12.1. The first-order valence-electron chi connectivity index (χ1n) is 6.35. The van der Waals surface area contributed by atoms with Crippen molar-refractivity contribution in [3.8, 4) is 6.07 Å². The summed E-state index contributed by atoms with van der Waals surface area (Å²) < 4.78 is 4.95. The Labute approximate surface area is 123 Å². The largest absolute Gasteiger partial charge is 0.394 e. The second-order valence-electron chi connectivity index (χ2n) is 4.26. The molecular formula is C14H20N2O3S. The average molecular weight is 296 g/mol. The number of aliphatic hydroxyl groups excluding tert-OH is 2. The van der Waals surface area contributed by atoms with Crippen molar-refractivity contribution in [1.82, 2.24) is 5.32 Å². The van der Waals surface area contributed by atoms with Crippen LogP contribution in [0.3, 0.4) is 0 Å². The van der Waals surface area contributed by atoms with E-state index in [-0.39, 0.29) is 6.61 Å². The third-order valence-corrected chi connectivity index (χ3v) is 3.84. The molecule has 6 heteroatoms. The number of nitrogens with one attached hydrogen (secondary N) is 1. The Bertz CT molecular complexity index is 449. The van der Waals surface area contributed by atoms with Gasteiger partial charge in [-0.25, -0.2) is 0 Å². The number of nitriles is 1. The molecule has 1 aromatic carbocycles. The number of hydrogen-bond donors (Lipinski definition) is 3. The van der Waals surface area contributed by atoms with E-state index in [1.807, 2.05) is 18.2 Å². The van der Waals surface area contributed by atoms with Gasteiger partial charge in [0, 0.05) is 30.8 Å². The van der Waals surface area contributed by atoms with Gasteiger partial charge in [-0.3, -0.25) is 0 Å². The van der Waals surface area contributed by atoms with Crippen LogP contribution in [0.5, 0.6) is 0 Å². The summed E-state index contributed by atoms with van der Waals surface area (Å²) in [4.78, 5) is 0.820. The van der Waals surface area contributed by atoms with E-state index in [1.54, 1.807) is 7.11 Å². The van der Waals surface area contributed by atoms with E-state index in [0.29, 0.717) is 24.5 Å². The zero-order valence-corrected chi connectivity index (χ0v) is 12.3. The minimum absolute atomic E-state index is 0.267. The maximum Gasteiger partial charge on any atom is 0.100 e. The maximum atomic E-state index is 9.33. The highest BCUT2D eigenvalue weighted by Crippen LogP contribution is 2.24. The summed E-state index contributed by atoms with van der Waals surface area (Å²) in [6.45, 7) is 1.83. The molecule has 0 saturated carbocycles. The van der Waals surface area contributed by atoms with E-state index >= 15 is 0 Å². The molecule has 0 bridgehead atoms. The van der Waals surface area contributed by atoms with Gasteiger partial charge in [0.25, 0.3) is 0 Å². The minimum Gasteiger partial charge on any atom is -0.394 e. The van der Waals surface area contributed by atoms with Gasteiger partial charge in [0.15, 0.2) is 0 Å². The maximum absolute atomic E-state index is 9.33. The standard InChI is InChI=1S/C14H20N2O3S/c1-19-5-4-16-8-11-2-3-14(12(6-11)7-15)20-10-13(18)9-17/h2-3,6,13,16-18H,4-5,8-10H2,1H3. The number of nitrogens with zero attached hydrogens (tertiary/aromatic N) is 1. The average Bonchev–Trinajstić information content (AvgIpc) is 2.49. The first-order valence-corrected chi connectivity index (χ1v) is 7.34. The van der Waals surface area contributed by atoms with Crippen LogP contribution in [-0.2, 0) is 11.3 Å². The molecule has 0 fully saturated rings. The fourth-order valence-corrected chi connectivity index (χ4v) is 2.45. The van der Waals surface area contributed by atoms with E-state index in [0.717, 1.165) is 17.0 Å². The lowest BCUT2D eigenvalue weighted by molar-refractivity contribution is 0.113. The fraction of sp³-hybridized carbons (Fsp3) is 0.500. The SMILES string of the molecule is COCCNCc1ccc(SCC(O)CO)c(C#N)c1. The lowest BCUT2D eigenvalue weighted by atomic mass is 10.1. The molecular weight excluding hydrogens is 276 g/mol. The Morgan fingerprint density at radius 3 is 2.95 bits per heavy atom. The van der Waals surface area contributed by atoms with Crippen molar-refractivity contribution in [3.05, 3.63) is 29.3 Å². The van der Waals surface area contributed by atoms with Gasteiger partial charge in [-0.1, -0.05) is 6.07 Å². The highest BCUT2D eigenvalue weighted by molar-refractivity contribution is 7.99. The smallest absolute Gasteiger partial charge is 0.100 e. The van der Waals surface area contributed by atoms with Crippen LogP contribution in [0.4, 0.5) is 0 Å². The highest BCUT2D eigenvalue weighted by atomic mass is 32.2. The number of rotatable bonds is 9. The summed E-state index contributed by atoms with van der Waals surface area (Å²) in [6.07, 6.45) is -0.762. The number of ether oxygens (including phenoxy) is 1. The van der Waals surface area contributed by atoms with Crippen LogP contribution in [0, 0.1) is 11.3 Å². The Balaban J connectivity index is 2.59. The molecule has 110 valence electrons. The van der Waals surface area contributed by atoms with Crippen LogP contribution < -0.4 is 5.32 Å². The van der Waals surface area contributed by atoms with E-state index in [2.05, 4.69) is 11.4 Å². The predicted molar refractivity (Wildman–Crippen MR) is 78.6 cm³/mol. The third kappa shape index (κ3) is 5.90. The van der Waals surface area contributed by atoms with Gasteiger partial charge in [-0.2, -0.15) is 5.26 Å². The van der Waals surface area contributed by atoms with Gasteiger partial charge in [0.05, 0.1) is 24.9 Å². The molecule has 0 aliphatic carbocycles. The summed E-state index contributed by atoms with van der Waals surface area (Å²) in [5.74, 6) is 0.372. The molecule has 1 atom stereocenters. The lowest BCUT2D eigenvalue weighted by Crippen LogP contribution is -2.18. The molecule has 0 amide bonds. The fourth-order valence-electron chi connectivity index (χ4n) is 1.55. The van der Waals surface area contributed by atoms with E-state index in [4.69, 9.17) is 15.1 Å². The predicted octanol–water partition coefficient (Wildman–Crippen LogP) is 0.740. The van der Waals surface area contributed by atoms with E-state index in [1.165, 1.54) is 11.8 Å². The molecule has 0 saturated heterocycles. The third-order valence-electron chi connectivity index (χ3n) is 2.62. The van der Waals surface area contributed by atoms with E-state index in [9.17, 15) is 5.11 Å². The molecule has 0 heterocycles. The van der Waals surface area contributed by atoms with Crippen molar-refractivity contribution in [3.63, 3.8) is 0 Å². The Morgan fingerprint density at radius 2 is 2.30 bits per heavy atom. The quantitative estimate of drug-likeness (QED) is 0.460. The van der Waals surface area contributed by atoms with E-state index < -0.39 is 6.10 Å². The first kappa shape index (κ1) is 17.0. The molecule has 20 heavy (non-hydrogen) atoms. The van der Waals surface area contributed by atoms with Gasteiger partial charge >= 0.3 is 0 Å². The molecule has 1 aromatic rings. The summed E-state index contributed by atoms with van der Waals surface area (Å²) in [7, 11) is 1.66. The van der Waals surface area contributed by atoms with Crippen LogP contribution in [-0.4, -0.2) is 48.9 Å². The Kier molecular flexibility index (Phi) is 8.26. The second-order valence-corrected chi connectivity index (χ2v) is 5.32. The molecule has 1 rings (SSSR count). The van der Waals surface area contributed by atoms with Crippen LogP contribution in [0.1, 0.15) is 11.1 Å². The van der Waals surface area contributed by atoms with Crippen molar-refractivity contribution in [2.24, 2.45) is 0 Å². The molecule has 5 nitrogen and oxygen atoms in total. The number of benzene rings is 1. The zero-order valence-electron chi connectivity index (χ0n) is 11.5. The highest BCUT2D eigenvalue weighted by Gasteiger charge is 2.08. The van der Waals surface area contributed by atoms with Gasteiger partial charge in [0.2, 0.25) is 0 Å². The van der Waals surface area contributed by atoms with Crippen molar-refractivity contribution < 1.29 is 14.9 Å². The Hall–Kier alpha value is -1.10. The summed E-state index contributed by atoms with van der Waals surface area (Å²) in [6, 6.07) is 7.83. The summed E-state index contributed by atoms with van der Waals surface area (Å²) >= 11 is 1.37. The van der Waals surface area contributed by atoms with Gasteiger partial charge < -0.3 is 20.3 Å². The first-order chi connectivity index (χ1) is 9.71. The van der Waals surface area contributed by atoms with Crippen molar-refractivity contribution in [2.75, 3.05) is 32.6 Å². The van der Waals surface area contributed by atoms with Crippen LogP contribution >= 0.6 is 11.8 Å². The topological polar surface area (TPSA) is 85.5 Å². The number of hydrogen-bond acceptors (Lipinski definition) is 6. The number of thioether (sulfide) groups is 1. The van der Waals surface area contributed by atoms with Gasteiger partial charge in [-0.05, 0) is 17.7 Å². The van der Waals surface area contributed by atoms with Crippen LogP contribution in [0.2, 0.25) is 0 Å². The molecule has 0 aromatic heterocycles. The zero-order chi connectivity index (χ0) is 14.8. The minimum atomic E-state index is -0.762. The number of methoxy groups -OCH3 is 1. The van der Waals surface area contributed by atoms with Crippen LogP contribution in [0.15, 0.2) is 23.1 Å². The molecule has 3 N–H and O–H groups in total. The molecule has 0 aliphatic rings.